The summed E-state index contributed by atoms with van der Waals surface area (Å²) in [6.45, 7) is 13.1. The lowest BCUT2D eigenvalue weighted by Gasteiger charge is -2.58. The molecule has 0 amide bonds. The number of esters is 2. The second-order valence-electron chi connectivity index (χ2n) is 14.3. The van der Waals surface area contributed by atoms with Gasteiger partial charge in [0.2, 0.25) is 0 Å². The molecule has 9 heteroatoms. The van der Waals surface area contributed by atoms with Crippen molar-refractivity contribution in [1.29, 1.82) is 0 Å². The predicted octanol–water partition coefficient (Wildman–Crippen LogP) is 1.31. The van der Waals surface area contributed by atoms with Crippen molar-refractivity contribution < 1.29 is 62.5 Å². The number of ether oxygens (including phenoxy) is 2. The third-order valence-corrected chi connectivity index (χ3v) is 10.3. The summed E-state index contributed by atoms with van der Waals surface area (Å²) in [5.74, 6) is -2.27. The zero-order valence-corrected chi connectivity index (χ0v) is 28.9. The van der Waals surface area contributed by atoms with Crippen molar-refractivity contribution in [2.75, 3.05) is 21.1 Å². The van der Waals surface area contributed by atoms with Crippen LogP contribution in [-0.2, 0) is 23.9 Å². The number of ketones is 1. The molecule has 3 aliphatic carbocycles. The summed E-state index contributed by atoms with van der Waals surface area (Å²) in [6, 6.07) is 9.75. The van der Waals surface area contributed by atoms with E-state index in [4.69, 9.17) is 9.47 Å². The lowest BCUT2D eigenvalue weighted by atomic mass is 9.49. The first kappa shape index (κ1) is 35.4. The van der Waals surface area contributed by atoms with Crippen LogP contribution in [0.4, 0.5) is 0 Å². The van der Waals surface area contributed by atoms with Crippen LogP contribution >= 0.6 is 0 Å². The average Bonchev–Trinajstić information content (AvgIpc) is 2.88. The van der Waals surface area contributed by atoms with Gasteiger partial charge >= 0.3 is 11.9 Å². The number of fused-ring (bicyclic) bond motifs is 3. The Balaban J connectivity index is 0.00000506. The lowest BCUT2D eigenvalue weighted by Crippen LogP contribution is -3.00. The summed E-state index contributed by atoms with van der Waals surface area (Å²) in [6.07, 6.45) is -2.87. The largest absolute Gasteiger partial charge is 1.00 e. The molecule has 1 aromatic rings. The molecule has 3 aliphatic rings. The number of aliphatic hydroxyl groups is 2. The van der Waals surface area contributed by atoms with E-state index in [0.717, 1.165) is 5.56 Å². The van der Waals surface area contributed by atoms with Crippen molar-refractivity contribution in [1.82, 2.24) is 0 Å². The van der Waals surface area contributed by atoms with Crippen LogP contribution in [0.15, 0.2) is 53.6 Å². The number of nitrogens with zero attached hydrogens (tertiary/aromatic N) is 1. The van der Waals surface area contributed by atoms with Crippen LogP contribution in [0.5, 0.6) is 0 Å². The first-order valence-corrected chi connectivity index (χ1v) is 14.9. The number of quaternary nitrogens is 1. The molecule has 0 spiro atoms. The van der Waals surface area contributed by atoms with E-state index in [-0.39, 0.29) is 54.6 Å². The zero-order valence-electron chi connectivity index (χ0n) is 26.7. The predicted molar refractivity (Wildman–Crippen MR) is 159 cm³/mol. The number of carbonyl (C=O) groups is 3. The molecule has 2 fully saturated rings. The van der Waals surface area contributed by atoms with Crippen LogP contribution in [0, 0.1) is 22.7 Å². The van der Waals surface area contributed by atoms with Crippen molar-refractivity contribution in [2.24, 2.45) is 22.7 Å². The van der Waals surface area contributed by atoms with Gasteiger partial charge in [0.15, 0.2) is 5.78 Å². The number of Topliss-reactive ketones (excluding diaryl/α,β-unsaturated/α-hetero) is 1. The Morgan fingerprint density at radius 3 is 2.26 bits per heavy atom. The summed E-state index contributed by atoms with van der Waals surface area (Å²) in [5, 5.41) is 23.9. The molecule has 2 saturated carbocycles. The van der Waals surface area contributed by atoms with Gasteiger partial charge in [-0.05, 0) is 41.9 Å². The topological polar surface area (TPSA) is 110 Å². The van der Waals surface area contributed by atoms with Gasteiger partial charge < -0.3 is 48.1 Å². The Morgan fingerprint density at radius 2 is 1.70 bits per heavy atom. The second kappa shape index (κ2) is 12.7. The Bertz CT molecular complexity index is 1280. The summed E-state index contributed by atoms with van der Waals surface area (Å²) >= 11 is 0. The molecular formula is C34H48INO7. The van der Waals surface area contributed by atoms with Gasteiger partial charge in [-0.1, -0.05) is 57.7 Å². The smallest absolute Gasteiger partial charge is 0.312 e. The number of allylic oxidation sites excluding steroid dienone is 1. The number of aliphatic hydroxyl groups excluding tert-OH is 2. The number of halogens is 1. The fourth-order valence-corrected chi connectivity index (χ4v) is 8.06. The molecule has 238 valence electrons. The van der Waals surface area contributed by atoms with Gasteiger partial charge in [-0.25, -0.2) is 0 Å². The third kappa shape index (κ3) is 6.51. The molecular weight excluding hydrogens is 661 g/mol. The average molecular weight is 710 g/mol. The lowest BCUT2D eigenvalue weighted by molar-refractivity contribution is -0.901. The van der Waals surface area contributed by atoms with Gasteiger partial charge in [0, 0.05) is 36.2 Å². The number of rotatable bonds is 6. The second-order valence-corrected chi connectivity index (χ2v) is 14.3. The molecule has 2 bridgehead atoms. The molecule has 1 aromatic carbocycles. The highest BCUT2D eigenvalue weighted by atomic mass is 127. The van der Waals surface area contributed by atoms with Gasteiger partial charge in [-0.3, -0.25) is 14.4 Å². The number of hydrogen-bond donors (Lipinski definition) is 2. The highest BCUT2D eigenvalue weighted by Gasteiger charge is 2.62. The van der Waals surface area contributed by atoms with E-state index >= 15 is 0 Å². The van der Waals surface area contributed by atoms with Gasteiger partial charge in [-0.2, -0.15) is 0 Å². The Kier molecular flexibility index (Phi) is 10.5. The molecule has 0 heterocycles. The van der Waals surface area contributed by atoms with Crippen LogP contribution in [-0.4, -0.2) is 78.0 Å². The Labute approximate surface area is 273 Å². The summed E-state index contributed by atoms with van der Waals surface area (Å²) in [4.78, 5) is 38.9. The minimum Gasteiger partial charge on any atom is -1.00 e. The summed E-state index contributed by atoms with van der Waals surface area (Å²) in [7, 11) is 6.12. The molecule has 43 heavy (non-hydrogen) atoms. The molecule has 0 radical (unpaired) electrons. The van der Waals surface area contributed by atoms with Crippen molar-refractivity contribution in [3.63, 3.8) is 0 Å². The van der Waals surface area contributed by atoms with Crippen molar-refractivity contribution in [3.8, 4) is 0 Å². The molecule has 4 rings (SSSR count). The van der Waals surface area contributed by atoms with E-state index in [1.165, 1.54) is 6.92 Å². The van der Waals surface area contributed by atoms with E-state index in [1.54, 1.807) is 6.92 Å². The monoisotopic (exact) mass is 709 g/mol. The fourth-order valence-electron chi connectivity index (χ4n) is 8.06. The van der Waals surface area contributed by atoms with E-state index in [9.17, 15) is 24.6 Å². The number of carbonyl (C=O) groups excluding carboxylic acids is 3. The van der Waals surface area contributed by atoms with Crippen LogP contribution in [0.1, 0.15) is 71.9 Å². The van der Waals surface area contributed by atoms with Crippen LogP contribution in [0.2, 0.25) is 0 Å². The molecule has 8 nitrogen and oxygen atoms in total. The Morgan fingerprint density at radius 1 is 1.09 bits per heavy atom. The minimum absolute atomic E-state index is 0. The first-order valence-electron chi connectivity index (χ1n) is 14.9. The van der Waals surface area contributed by atoms with Gasteiger partial charge in [0.25, 0.3) is 0 Å². The van der Waals surface area contributed by atoms with Gasteiger partial charge in [0.1, 0.15) is 30.8 Å². The quantitative estimate of drug-likeness (QED) is 0.199. The van der Waals surface area contributed by atoms with E-state index < -0.39 is 53.1 Å². The SMILES string of the molecule is C=C1[C@@H](OC(=O)CC(c2ccccc2)[N+](C)(C)C)CC[C@@]2(C)[C@@H](OC(C)=O)[C@H](O)C3=C(C)C(=O)C[C@@H]([C@@H](O)[C@H]12)C3(C)C.[I-]. The first-order chi connectivity index (χ1) is 19.4. The zero-order chi connectivity index (χ0) is 31.4. The minimum atomic E-state index is -1.24. The molecule has 0 aromatic heterocycles. The third-order valence-electron chi connectivity index (χ3n) is 10.3. The molecule has 0 saturated heterocycles. The molecule has 2 N–H and O–H groups in total. The number of benzene rings is 1. The van der Waals surface area contributed by atoms with E-state index in [2.05, 4.69) is 6.58 Å². The van der Waals surface area contributed by atoms with Gasteiger partial charge in [0.05, 0.1) is 27.2 Å². The normalized spacial score (nSPS) is 32.9. The highest BCUT2D eigenvalue weighted by Crippen LogP contribution is 2.59. The van der Waals surface area contributed by atoms with Crippen LogP contribution in [0.25, 0.3) is 0 Å². The standard InChI is InChI=1S/C34H48NO7.HI/c1-19-25(37)17-23-30(39)29-20(2)26(42-27(38)18-24(35(7,8)9)22-13-11-10-12-14-22)15-16-34(29,6)32(41-21(3)36)31(40)28(19)33(23,4)5;/h10-14,23-24,26,29-32,39-40H,2,15-18H2,1,3-9H3;1H/q+1;/p-1/t23-,24?,26-,29-,30+,31+,32-,34+;/m0./s1. The molecule has 1 unspecified atom stereocenters. The van der Waals surface area contributed by atoms with E-state index in [0.29, 0.717) is 34.0 Å². The maximum Gasteiger partial charge on any atom is 0.312 e. The maximum atomic E-state index is 13.5. The fraction of sp³-hybridized carbons (Fsp3) is 0.618. The number of hydrogen-bond acceptors (Lipinski definition) is 7. The van der Waals surface area contributed by atoms with Crippen LogP contribution in [0.3, 0.4) is 0 Å². The van der Waals surface area contributed by atoms with Crippen molar-refractivity contribution in [3.05, 3.63) is 59.2 Å². The Hall–Kier alpha value is -2.08. The van der Waals surface area contributed by atoms with Crippen molar-refractivity contribution in [2.45, 2.75) is 90.8 Å². The van der Waals surface area contributed by atoms with E-state index in [1.807, 2.05) is 72.2 Å². The van der Waals surface area contributed by atoms with Gasteiger partial charge in [-0.15, -0.1) is 0 Å². The highest BCUT2D eigenvalue weighted by molar-refractivity contribution is 5.97. The molecule has 8 atom stereocenters. The van der Waals surface area contributed by atoms with Crippen molar-refractivity contribution >= 4 is 17.7 Å². The maximum absolute atomic E-state index is 13.5. The van der Waals surface area contributed by atoms with Crippen LogP contribution < -0.4 is 24.0 Å². The molecule has 0 aliphatic heterocycles. The summed E-state index contributed by atoms with van der Waals surface area (Å²) in [5.41, 5.74) is 0.859. The summed E-state index contributed by atoms with van der Waals surface area (Å²) < 4.78 is 12.5.